The van der Waals surface area contributed by atoms with Crippen molar-refractivity contribution >= 4 is 11.8 Å². The zero-order valence-electron chi connectivity index (χ0n) is 9.50. The monoisotopic (exact) mass is 251 g/mol. The first-order chi connectivity index (χ1) is 8.40. The van der Waals surface area contributed by atoms with E-state index in [9.17, 15) is 0 Å². The van der Waals surface area contributed by atoms with Crippen LogP contribution in [0.3, 0.4) is 0 Å². The van der Waals surface area contributed by atoms with Gasteiger partial charge in [0.25, 0.3) is 5.22 Å². The van der Waals surface area contributed by atoms with Crippen LogP contribution in [0.25, 0.3) is 11.5 Å². The molecule has 5 nitrogen and oxygen atoms in total. The van der Waals surface area contributed by atoms with Crippen LogP contribution in [0.4, 0.5) is 0 Å². The van der Waals surface area contributed by atoms with Crippen molar-refractivity contribution < 1.29 is 9.15 Å². The average molecular weight is 251 g/mol. The fraction of sp³-hybridized carbons (Fsp3) is 0.364. The zero-order chi connectivity index (χ0) is 11.9. The molecular weight excluding hydrogens is 238 g/mol. The number of aromatic nitrogens is 3. The Bertz CT molecular complexity index is 447. The number of rotatable bonds is 6. The molecule has 6 heteroatoms. The van der Waals surface area contributed by atoms with Crippen molar-refractivity contribution in [2.45, 2.75) is 12.1 Å². The summed E-state index contributed by atoms with van der Waals surface area (Å²) in [5, 5.41) is 8.48. The molecule has 0 unspecified atom stereocenters. The Balaban J connectivity index is 1.92. The van der Waals surface area contributed by atoms with Gasteiger partial charge in [-0.2, -0.15) is 0 Å². The van der Waals surface area contributed by atoms with Crippen LogP contribution < -0.4 is 0 Å². The second-order valence-electron chi connectivity index (χ2n) is 3.16. The highest BCUT2D eigenvalue weighted by atomic mass is 32.2. The largest absolute Gasteiger partial charge is 0.411 e. The predicted octanol–water partition coefficient (Wildman–Crippen LogP) is 2.26. The van der Waals surface area contributed by atoms with Crippen molar-refractivity contribution in [2.24, 2.45) is 0 Å². The Labute approximate surface area is 104 Å². The molecule has 2 heterocycles. The van der Waals surface area contributed by atoms with Gasteiger partial charge in [-0.15, -0.1) is 10.2 Å². The van der Waals surface area contributed by atoms with Crippen LogP contribution in [0.2, 0.25) is 0 Å². The smallest absolute Gasteiger partial charge is 0.276 e. The molecule has 0 radical (unpaired) electrons. The van der Waals surface area contributed by atoms with E-state index in [0.29, 0.717) is 17.7 Å². The van der Waals surface area contributed by atoms with E-state index in [4.69, 9.17) is 9.15 Å². The quantitative estimate of drug-likeness (QED) is 0.579. The van der Waals surface area contributed by atoms with Gasteiger partial charge in [0.2, 0.25) is 5.89 Å². The minimum Gasteiger partial charge on any atom is -0.411 e. The molecule has 0 aromatic carbocycles. The molecule has 0 amide bonds. The number of ether oxygens (including phenoxy) is 1. The Hall–Kier alpha value is -1.40. The Morgan fingerprint density at radius 3 is 3.12 bits per heavy atom. The van der Waals surface area contributed by atoms with Crippen LogP contribution in [-0.2, 0) is 4.74 Å². The van der Waals surface area contributed by atoms with E-state index in [-0.39, 0.29) is 0 Å². The lowest BCUT2D eigenvalue weighted by molar-refractivity contribution is 0.164. The lowest BCUT2D eigenvalue weighted by Gasteiger charge is -1.97. The Kier molecular flexibility index (Phi) is 4.52. The molecule has 0 N–H and O–H groups in total. The summed E-state index contributed by atoms with van der Waals surface area (Å²) in [6.45, 7) is 3.38. The number of hydrogen-bond donors (Lipinski definition) is 0. The van der Waals surface area contributed by atoms with Gasteiger partial charge in [0.1, 0.15) is 0 Å². The zero-order valence-corrected chi connectivity index (χ0v) is 10.3. The summed E-state index contributed by atoms with van der Waals surface area (Å²) in [5.74, 6) is 1.31. The molecule has 0 bridgehead atoms. The topological polar surface area (TPSA) is 61.0 Å². The first kappa shape index (κ1) is 12.1. The average Bonchev–Trinajstić information content (AvgIpc) is 2.85. The van der Waals surface area contributed by atoms with Gasteiger partial charge in [-0.3, -0.25) is 4.98 Å². The Morgan fingerprint density at radius 1 is 1.41 bits per heavy atom. The molecule has 0 atom stereocenters. The summed E-state index contributed by atoms with van der Waals surface area (Å²) in [7, 11) is 0. The van der Waals surface area contributed by atoms with Gasteiger partial charge in [-0.1, -0.05) is 11.8 Å². The third-order valence-electron chi connectivity index (χ3n) is 1.97. The maximum Gasteiger partial charge on any atom is 0.276 e. The molecule has 90 valence electrons. The lowest BCUT2D eigenvalue weighted by atomic mass is 10.3. The van der Waals surface area contributed by atoms with Crippen LogP contribution in [0.15, 0.2) is 34.2 Å². The molecule has 17 heavy (non-hydrogen) atoms. The summed E-state index contributed by atoms with van der Waals surface area (Å²) < 4.78 is 10.7. The predicted molar refractivity (Wildman–Crippen MR) is 64.7 cm³/mol. The fourth-order valence-electron chi connectivity index (χ4n) is 1.21. The van der Waals surface area contributed by atoms with E-state index in [1.807, 2.05) is 19.1 Å². The summed E-state index contributed by atoms with van der Waals surface area (Å²) in [5.41, 5.74) is 0.830. The fourth-order valence-corrected chi connectivity index (χ4v) is 1.82. The lowest BCUT2D eigenvalue weighted by Crippen LogP contribution is -1.95. The van der Waals surface area contributed by atoms with E-state index in [0.717, 1.165) is 17.9 Å². The number of pyridine rings is 1. The van der Waals surface area contributed by atoms with Crippen molar-refractivity contribution in [3.05, 3.63) is 24.5 Å². The standard InChI is InChI=1S/C11H13N3O2S/c1-2-15-6-7-17-11-14-13-10(16-11)9-4-3-5-12-8-9/h3-5,8H,2,6-7H2,1H3. The molecule has 0 aliphatic heterocycles. The molecule has 0 aliphatic carbocycles. The molecular formula is C11H13N3O2S. The third-order valence-corrected chi connectivity index (χ3v) is 2.76. The number of nitrogens with zero attached hydrogens (tertiary/aromatic N) is 3. The summed E-state index contributed by atoms with van der Waals surface area (Å²) >= 11 is 1.49. The second-order valence-corrected chi connectivity index (χ2v) is 4.21. The van der Waals surface area contributed by atoms with Crippen molar-refractivity contribution in [1.29, 1.82) is 0 Å². The van der Waals surface area contributed by atoms with E-state index in [1.165, 1.54) is 11.8 Å². The molecule has 2 rings (SSSR count). The maximum absolute atomic E-state index is 5.50. The van der Waals surface area contributed by atoms with Gasteiger partial charge >= 0.3 is 0 Å². The van der Waals surface area contributed by atoms with Gasteiger partial charge in [-0.05, 0) is 19.1 Å². The molecule has 0 saturated carbocycles. The maximum atomic E-state index is 5.50. The highest BCUT2D eigenvalue weighted by Crippen LogP contribution is 2.21. The van der Waals surface area contributed by atoms with Crippen LogP contribution in [0.1, 0.15) is 6.92 Å². The molecule has 2 aromatic rings. The van der Waals surface area contributed by atoms with E-state index >= 15 is 0 Å². The third kappa shape index (κ3) is 3.54. The van der Waals surface area contributed by atoms with Crippen LogP contribution in [0, 0.1) is 0 Å². The molecule has 0 aliphatic rings. The highest BCUT2D eigenvalue weighted by molar-refractivity contribution is 7.99. The van der Waals surface area contributed by atoms with Crippen LogP contribution in [-0.4, -0.2) is 34.1 Å². The minimum atomic E-state index is 0.497. The van der Waals surface area contributed by atoms with Crippen LogP contribution >= 0.6 is 11.8 Å². The normalized spacial score (nSPS) is 10.6. The summed E-state index contributed by atoms with van der Waals surface area (Å²) in [6, 6.07) is 3.72. The van der Waals surface area contributed by atoms with E-state index in [2.05, 4.69) is 15.2 Å². The highest BCUT2D eigenvalue weighted by Gasteiger charge is 2.08. The summed E-state index contributed by atoms with van der Waals surface area (Å²) in [4.78, 5) is 4.00. The van der Waals surface area contributed by atoms with Gasteiger partial charge in [0.15, 0.2) is 0 Å². The van der Waals surface area contributed by atoms with Gasteiger partial charge in [-0.25, -0.2) is 0 Å². The first-order valence-corrected chi connectivity index (χ1v) is 6.33. The SMILES string of the molecule is CCOCCSc1nnc(-c2cccnc2)o1. The van der Waals surface area contributed by atoms with Crippen molar-refractivity contribution in [1.82, 2.24) is 15.2 Å². The summed E-state index contributed by atoms with van der Waals surface area (Å²) in [6.07, 6.45) is 3.40. The minimum absolute atomic E-state index is 0.497. The van der Waals surface area contributed by atoms with Gasteiger partial charge in [0.05, 0.1) is 12.2 Å². The molecule has 2 aromatic heterocycles. The second kappa shape index (κ2) is 6.36. The molecule has 0 saturated heterocycles. The molecule has 0 fully saturated rings. The molecule has 0 spiro atoms. The first-order valence-electron chi connectivity index (χ1n) is 5.34. The Morgan fingerprint density at radius 2 is 2.35 bits per heavy atom. The van der Waals surface area contributed by atoms with Crippen molar-refractivity contribution in [2.75, 3.05) is 19.0 Å². The van der Waals surface area contributed by atoms with Gasteiger partial charge in [0, 0.05) is 24.8 Å². The van der Waals surface area contributed by atoms with Crippen molar-refractivity contribution in [3.8, 4) is 11.5 Å². The number of thioether (sulfide) groups is 1. The van der Waals surface area contributed by atoms with E-state index < -0.39 is 0 Å². The number of hydrogen-bond acceptors (Lipinski definition) is 6. The van der Waals surface area contributed by atoms with Gasteiger partial charge < -0.3 is 9.15 Å². The van der Waals surface area contributed by atoms with Crippen molar-refractivity contribution in [3.63, 3.8) is 0 Å². The van der Waals surface area contributed by atoms with E-state index in [1.54, 1.807) is 12.4 Å². The van der Waals surface area contributed by atoms with Crippen LogP contribution in [0.5, 0.6) is 0 Å².